The van der Waals surface area contributed by atoms with Crippen LogP contribution in [0.3, 0.4) is 0 Å². The molecule has 1 atom stereocenters. The van der Waals surface area contributed by atoms with E-state index in [-0.39, 0.29) is 12.5 Å². The maximum Gasteiger partial charge on any atom is 0.410 e. The molecule has 0 radical (unpaired) electrons. The third kappa shape index (κ3) is 3.54. The molecule has 32 heavy (non-hydrogen) atoms. The van der Waals surface area contributed by atoms with Crippen LogP contribution in [0, 0.1) is 0 Å². The number of hydrogen-bond acceptors (Lipinski definition) is 3. The van der Waals surface area contributed by atoms with Crippen LogP contribution in [0.4, 0.5) is 4.79 Å². The van der Waals surface area contributed by atoms with Crippen LogP contribution in [0.2, 0.25) is 0 Å². The van der Waals surface area contributed by atoms with Crippen LogP contribution < -0.4 is 0 Å². The van der Waals surface area contributed by atoms with Gasteiger partial charge in [0.05, 0.1) is 0 Å². The van der Waals surface area contributed by atoms with E-state index in [2.05, 4.69) is 24.3 Å². The molecule has 0 aliphatic heterocycles. The molecule has 1 N–H and O–H groups in total. The SMILES string of the molecule is CN(C(=O)OCC1c2ccccc2-c2ccccc21)C(C(=O)O)c1ccccc1C1CC1. The summed E-state index contributed by atoms with van der Waals surface area (Å²) in [5.74, 6) is -0.750. The fourth-order valence-electron chi connectivity index (χ4n) is 4.83. The van der Waals surface area contributed by atoms with Gasteiger partial charge < -0.3 is 9.84 Å². The number of carboxylic acid groups (broad SMARTS) is 1. The van der Waals surface area contributed by atoms with Gasteiger partial charge in [-0.25, -0.2) is 9.59 Å². The number of benzene rings is 3. The van der Waals surface area contributed by atoms with Crippen molar-refractivity contribution in [3.05, 3.63) is 95.1 Å². The number of rotatable bonds is 6. The standard InChI is InChI=1S/C27H25NO4/c1-28(25(26(29)30)23-13-7-2-8-18(23)17-14-15-17)27(31)32-16-24-21-11-5-3-9-19(21)20-10-4-6-12-22(20)24/h2-13,17,24-25H,14-16H2,1H3,(H,29,30). The number of ether oxygens (including phenoxy) is 1. The number of fused-ring (bicyclic) bond motifs is 3. The molecule has 1 fully saturated rings. The summed E-state index contributed by atoms with van der Waals surface area (Å²) in [7, 11) is 1.50. The van der Waals surface area contributed by atoms with E-state index in [9.17, 15) is 14.7 Å². The summed E-state index contributed by atoms with van der Waals surface area (Å²) in [6.07, 6.45) is 1.47. The highest BCUT2D eigenvalue weighted by Crippen LogP contribution is 2.45. The number of amides is 1. The van der Waals surface area contributed by atoms with Crippen molar-refractivity contribution < 1.29 is 19.4 Å². The molecule has 5 nitrogen and oxygen atoms in total. The monoisotopic (exact) mass is 427 g/mol. The molecule has 2 aliphatic carbocycles. The van der Waals surface area contributed by atoms with Gasteiger partial charge in [-0.1, -0.05) is 72.8 Å². The molecule has 5 heteroatoms. The fraction of sp³-hybridized carbons (Fsp3) is 0.259. The van der Waals surface area contributed by atoms with Crippen molar-refractivity contribution in [2.75, 3.05) is 13.7 Å². The molecule has 0 heterocycles. The molecule has 0 saturated heterocycles. The number of likely N-dealkylation sites (N-methyl/N-ethyl adjacent to an activating group) is 1. The molecule has 5 rings (SSSR count). The minimum absolute atomic E-state index is 0.0678. The first-order chi connectivity index (χ1) is 15.6. The van der Waals surface area contributed by atoms with Gasteiger partial charge in [-0.3, -0.25) is 4.90 Å². The van der Waals surface area contributed by atoms with Crippen molar-refractivity contribution in [3.63, 3.8) is 0 Å². The van der Waals surface area contributed by atoms with Crippen LogP contribution in [0.1, 0.15) is 53.0 Å². The molecule has 3 aromatic carbocycles. The summed E-state index contributed by atoms with van der Waals surface area (Å²) in [4.78, 5) is 26.4. The molecule has 1 unspecified atom stereocenters. The van der Waals surface area contributed by atoms with Crippen LogP contribution in [0.15, 0.2) is 72.8 Å². The summed E-state index contributed by atoms with van der Waals surface area (Å²) >= 11 is 0. The number of carbonyl (C=O) groups is 2. The van der Waals surface area contributed by atoms with Crippen LogP contribution in [-0.4, -0.2) is 35.7 Å². The highest BCUT2D eigenvalue weighted by molar-refractivity contribution is 5.82. The lowest BCUT2D eigenvalue weighted by Crippen LogP contribution is -2.37. The third-order valence-electron chi connectivity index (χ3n) is 6.55. The van der Waals surface area contributed by atoms with Gasteiger partial charge in [-0.2, -0.15) is 0 Å². The number of carbonyl (C=O) groups excluding carboxylic acids is 1. The Balaban J connectivity index is 1.37. The van der Waals surface area contributed by atoms with E-state index in [1.165, 1.54) is 11.9 Å². The highest BCUT2D eigenvalue weighted by Gasteiger charge is 2.36. The minimum atomic E-state index is -1.08. The average Bonchev–Trinajstić information content (AvgIpc) is 3.60. The molecule has 3 aromatic rings. The second-order valence-corrected chi connectivity index (χ2v) is 8.56. The molecule has 1 saturated carbocycles. The number of aliphatic carboxylic acids is 1. The Kier molecular flexibility index (Phi) is 5.17. The zero-order chi connectivity index (χ0) is 22.2. The van der Waals surface area contributed by atoms with Crippen molar-refractivity contribution >= 4 is 12.1 Å². The zero-order valence-electron chi connectivity index (χ0n) is 17.9. The van der Waals surface area contributed by atoms with Gasteiger partial charge in [-0.05, 0) is 52.1 Å². The Morgan fingerprint density at radius 3 is 2.00 bits per heavy atom. The first kappa shape index (κ1) is 20.3. The Hall–Kier alpha value is -3.60. The van der Waals surface area contributed by atoms with E-state index < -0.39 is 18.1 Å². The molecule has 0 spiro atoms. The van der Waals surface area contributed by atoms with Crippen LogP contribution in [0.5, 0.6) is 0 Å². The van der Waals surface area contributed by atoms with Gasteiger partial charge in [0, 0.05) is 13.0 Å². The van der Waals surface area contributed by atoms with Gasteiger partial charge in [0.25, 0.3) is 0 Å². The smallest absolute Gasteiger partial charge is 0.410 e. The lowest BCUT2D eigenvalue weighted by atomic mass is 9.96. The van der Waals surface area contributed by atoms with Crippen LogP contribution >= 0.6 is 0 Å². The Morgan fingerprint density at radius 1 is 0.906 bits per heavy atom. The molecule has 162 valence electrons. The number of hydrogen-bond donors (Lipinski definition) is 1. The maximum atomic E-state index is 13.0. The largest absolute Gasteiger partial charge is 0.479 e. The van der Waals surface area contributed by atoms with Gasteiger partial charge in [-0.15, -0.1) is 0 Å². The van der Waals surface area contributed by atoms with Gasteiger partial charge in [0.1, 0.15) is 6.61 Å². The second kappa shape index (κ2) is 8.15. The van der Waals surface area contributed by atoms with Crippen molar-refractivity contribution in [3.8, 4) is 11.1 Å². The minimum Gasteiger partial charge on any atom is -0.479 e. The first-order valence-corrected chi connectivity index (χ1v) is 11.0. The molecule has 0 bridgehead atoms. The average molecular weight is 428 g/mol. The third-order valence-corrected chi connectivity index (χ3v) is 6.55. The molecular formula is C27H25NO4. The molecular weight excluding hydrogens is 402 g/mol. The lowest BCUT2D eigenvalue weighted by molar-refractivity contribution is -0.142. The van der Waals surface area contributed by atoms with E-state index in [1.54, 1.807) is 6.07 Å². The van der Waals surface area contributed by atoms with Crippen molar-refractivity contribution in [1.29, 1.82) is 0 Å². The summed E-state index contributed by atoms with van der Waals surface area (Å²) < 4.78 is 5.69. The predicted molar refractivity (Wildman–Crippen MR) is 122 cm³/mol. The topological polar surface area (TPSA) is 66.8 Å². The first-order valence-electron chi connectivity index (χ1n) is 11.0. The van der Waals surface area contributed by atoms with Crippen LogP contribution in [-0.2, 0) is 9.53 Å². The Morgan fingerprint density at radius 2 is 1.44 bits per heavy atom. The predicted octanol–water partition coefficient (Wildman–Crippen LogP) is 5.57. The van der Waals surface area contributed by atoms with Gasteiger partial charge in [0.2, 0.25) is 0 Å². The summed E-state index contributed by atoms with van der Waals surface area (Å²) in [5.41, 5.74) is 6.23. The Labute approximate surface area is 187 Å². The van der Waals surface area contributed by atoms with Crippen LogP contribution in [0.25, 0.3) is 11.1 Å². The van der Waals surface area contributed by atoms with Gasteiger partial charge >= 0.3 is 12.1 Å². The van der Waals surface area contributed by atoms with Crippen molar-refractivity contribution in [2.24, 2.45) is 0 Å². The number of carboxylic acids is 1. The summed E-state index contributed by atoms with van der Waals surface area (Å²) in [5, 5.41) is 9.96. The highest BCUT2D eigenvalue weighted by atomic mass is 16.6. The van der Waals surface area contributed by atoms with E-state index in [0.717, 1.165) is 40.7 Å². The molecule has 1 amide bonds. The second-order valence-electron chi connectivity index (χ2n) is 8.56. The zero-order valence-corrected chi connectivity index (χ0v) is 17.9. The van der Waals surface area contributed by atoms with E-state index in [1.807, 2.05) is 42.5 Å². The summed E-state index contributed by atoms with van der Waals surface area (Å²) in [6.45, 7) is 0.161. The van der Waals surface area contributed by atoms with E-state index in [4.69, 9.17) is 4.74 Å². The lowest BCUT2D eigenvalue weighted by Gasteiger charge is -2.27. The number of nitrogens with zero attached hydrogens (tertiary/aromatic N) is 1. The molecule has 0 aromatic heterocycles. The normalized spacial score (nSPS) is 15.5. The van der Waals surface area contributed by atoms with E-state index in [0.29, 0.717) is 11.5 Å². The summed E-state index contributed by atoms with van der Waals surface area (Å²) in [6, 6.07) is 22.7. The molecule has 2 aliphatic rings. The van der Waals surface area contributed by atoms with Crippen molar-refractivity contribution in [2.45, 2.75) is 30.7 Å². The van der Waals surface area contributed by atoms with E-state index >= 15 is 0 Å². The maximum absolute atomic E-state index is 13.0. The quantitative estimate of drug-likeness (QED) is 0.558. The Bertz CT molecular complexity index is 1140. The van der Waals surface area contributed by atoms with Crippen molar-refractivity contribution in [1.82, 2.24) is 4.90 Å². The van der Waals surface area contributed by atoms with Gasteiger partial charge in [0.15, 0.2) is 6.04 Å². The fourth-order valence-corrected chi connectivity index (χ4v) is 4.83.